The van der Waals surface area contributed by atoms with Crippen LogP contribution in [0.25, 0.3) is 0 Å². The number of hydrogen-bond donors (Lipinski definition) is 0. The molecule has 10 heavy (non-hydrogen) atoms. The van der Waals surface area contributed by atoms with Crippen LogP contribution in [0.3, 0.4) is 0 Å². The van der Waals surface area contributed by atoms with Gasteiger partial charge in [-0.15, -0.1) is 0 Å². The molecule has 0 unspecified atom stereocenters. The molecule has 0 atom stereocenters. The van der Waals surface area contributed by atoms with Crippen LogP contribution in [0.1, 0.15) is 20.8 Å². The van der Waals surface area contributed by atoms with Crippen LogP contribution in [-0.2, 0) is 0 Å². The van der Waals surface area contributed by atoms with Gasteiger partial charge in [0.15, 0.2) is 0 Å². The molecule has 0 aromatic carbocycles. The lowest BCUT2D eigenvalue weighted by Crippen LogP contribution is -2.36. The highest BCUT2D eigenvalue weighted by Gasteiger charge is 2.17. The fourth-order valence-corrected chi connectivity index (χ4v) is 1.35. The molecule has 1 rings (SSSR count). The zero-order valence-electron chi connectivity index (χ0n) is 7.44. The van der Waals surface area contributed by atoms with E-state index in [-0.39, 0.29) is 0 Å². The molecule has 58 valence electrons. The first-order valence-corrected chi connectivity index (χ1v) is 3.86. The van der Waals surface area contributed by atoms with Gasteiger partial charge >= 0.3 is 0 Å². The fourth-order valence-electron chi connectivity index (χ4n) is 1.35. The van der Waals surface area contributed by atoms with Gasteiger partial charge in [-0.25, -0.2) is 0 Å². The number of hydrogen-bond acceptors (Lipinski definition) is 1. The monoisotopic (exact) mass is 139 g/mol. The van der Waals surface area contributed by atoms with E-state index in [9.17, 15) is 0 Å². The maximum Gasteiger partial charge on any atom is 0.0206 e. The van der Waals surface area contributed by atoms with E-state index in [1.54, 1.807) is 5.57 Å². The Morgan fingerprint density at radius 2 is 1.80 bits per heavy atom. The summed E-state index contributed by atoms with van der Waals surface area (Å²) in [4.78, 5) is 2.32. The zero-order chi connectivity index (χ0) is 7.78. The van der Waals surface area contributed by atoms with Crippen molar-refractivity contribution in [3.05, 3.63) is 11.6 Å². The van der Waals surface area contributed by atoms with E-state index in [0.29, 0.717) is 5.41 Å². The molecule has 1 heteroatoms. The summed E-state index contributed by atoms with van der Waals surface area (Å²) in [5.74, 6) is 0. The van der Waals surface area contributed by atoms with Crippen molar-refractivity contribution in [2.75, 3.05) is 20.1 Å². The Hall–Kier alpha value is -0.300. The minimum Gasteiger partial charge on any atom is -0.298 e. The van der Waals surface area contributed by atoms with Crippen molar-refractivity contribution in [3.63, 3.8) is 0 Å². The van der Waals surface area contributed by atoms with Crippen LogP contribution in [0.4, 0.5) is 0 Å². The van der Waals surface area contributed by atoms with Crippen molar-refractivity contribution >= 4 is 0 Å². The van der Waals surface area contributed by atoms with Gasteiger partial charge in [-0.05, 0) is 18.0 Å². The summed E-state index contributed by atoms with van der Waals surface area (Å²) in [6, 6.07) is 0. The van der Waals surface area contributed by atoms with Crippen LogP contribution in [-0.4, -0.2) is 25.0 Å². The minimum absolute atomic E-state index is 0.372. The van der Waals surface area contributed by atoms with Crippen LogP contribution < -0.4 is 0 Å². The Bertz CT molecular complexity index is 143. The predicted octanol–water partition coefficient (Wildman–Crippen LogP) is 1.90. The van der Waals surface area contributed by atoms with Crippen molar-refractivity contribution < 1.29 is 0 Å². The van der Waals surface area contributed by atoms with E-state index >= 15 is 0 Å². The highest BCUT2D eigenvalue weighted by molar-refractivity contribution is 5.17. The summed E-state index contributed by atoms with van der Waals surface area (Å²) in [5.41, 5.74) is 1.96. The highest BCUT2D eigenvalue weighted by Crippen LogP contribution is 2.21. The van der Waals surface area contributed by atoms with Gasteiger partial charge in [0.25, 0.3) is 0 Å². The predicted molar refractivity (Wildman–Crippen MR) is 45.0 cm³/mol. The molecule has 0 aliphatic carbocycles. The molecule has 0 bridgehead atoms. The molecule has 1 saturated heterocycles. The van der Waals surface area contributed by atoms with Gasteiger partial charge < -0.3 is 0 Å². The number of rotatable bonds is 0. The van der Waals surface area contributed by atoms with Gasteiger partial charge in [0.05, 0.1) is 0 Å². The molecular weight excluding hydrogens is 122 g/mol. The van der Waals surface area contributed by atoms with Crippen molar-refractivity contribution in [1.82, 2.24) is 4.90 Å². The van der Waals surface area contributed by atoms with Crippen molar-refractivity contribution in [2.45, 2.75) is 20.8 Å². The molecule has 1 nitrogen and oxygen atoms in total. The van der Waals surface area contributed by atoms with Gasteiger partial charge in [-0.2, -0.15) is 0 Å². The second kappa shape index (κ2) is 2.39. The molecule has 0 aromatic rings. The Morgan fingerprint density at radius 3 is 2.10 bits per heavy atom. The molecular formula is C9H17N. The van der Waals surface area contributed by atoms with E-state index in [4.69, 9.17) is 0 Å². The average Bonchev–Trinajstić information content (AvgIpc) is 1.57. The van der Waals surface area contributed by atoms with Crippen LogP contribution >= 0.6 is 0 Å². The van der Waals surface area contributed by atoms with E-state index < -0.39 is 0 Å². The summed E-state index contributed by atoms with van der Waals surface area (Å²) in [6.07, 6.45) is 2.38. The van der Waals surface area contributed by atoms with E-state index in [0.717, 1.165) is 0 Å². The Morgan fingerprint density at radius 1 is 1.30 bits per heavy atom. The number of likely N-dealkylation sites (tertiary alicyclic amines) is 1. The first-order chi connectivity index (χ1) is 4.47. The van der Waals surface area contributed by atoms with Crippen molar-refractivity contribution in [2.24, 2.45) is 5.41 Å². The summed E-state index contributed by atoms with van der Waals surface area (Å²) < 4.78 is 0. The Kier molecular flexibility index (Phi) is 1.86. The average molecular weight is 139 g/mol. The maximum absolute atomic E-state index is 2.38. The van der Waals surface area contributed by atoms with E-state index in [1.165, 1.54) is 13.1 Å². The van der Waals surface area contributed by atoms with E-state index in [2.05, 4.69) is 38.8 Å². The van der Waals surface area contributed by atoms with E-state index in [1.807, 2.05) is 0 Å². The molecule has 0 N–H and O–H groups in total. The fraction of sp³-hybridized carbons (Fsp3) is 0.778. The molecule has 0 amide bonds. The topological polar surface area (TPSA) is 3.24 Å². The van der Waals surface area contributed by atoms with Gasteiger partial charge in [0.1, 0.15) is 0 Å². The molecule has 0 aromatic heterocycles. The summed E-state index contributed by atoms with van der Waals surface area (Å²) in [6.45, 7) is 9.10. The van der Waals surface area contributed by atoms with Crippen LogP contribution in [0, 0.1) is 5.41 Å². The molecule has 1 heterocycles. The van der Waals surface area contributed by atoms with Crippen molar-refractivity contribution in [1.29, 1.82) is 0 Å². The quantitative estimate of drug-likeness (QED) is 0.463. The maximum atomic E-state index is 2.38. The minimum atomic E-state index is 0.372. The van der Waals surface area contributed by atoms with Gasteiger partial charge in [0, 0.05) is 13.1 Å². The van der Waals surface area contributed by atoms with Gasteiger partial charge in [-0.1, -0.05) is 26.8 Å². The van der Waals surface area contributed by atoms with Gasteiger partial charge in [0.2, 0.25) is 0 Å². The third kappa shape index (κ3) is 2.14. The molecule has 0 radical (unpaired) electrons. The second-order valence-corrected chi connectivity index (χ2v) is 4.34. The zero-order valence-corrected chi connectivity index (χ0v) is 7.44. The molecule has 0 saturated carbocycles. The van der Waals surface area contributed by atoms with Crippen LogP contribution in [0.2, 0.25) is 0 Å². The molecule has 1 aliphatic rings. The molecule has 1 aliphatic heterocycles. The standard InChI is InChI=1S/C9H17N/c1-9(2,3)5-8-6-10(4)7-8/h5H,6-7H2,1-4H3. The normalized spacial score (nSPS) is 20.6. The number of likely N-dealkylation sites (N-methyl/N-ethyl adjacent to an activating group) is 1. The highest BCUT2D eigenvalue weighted by atomic mass is 15.1. The summed E-state index contributed by atoms with van der Waals surface area (Å²) >= 11 is 0. The molecule has 0 spiro atoms. The second-order valence-electron chi connectivity index (χ2n) is 4.34. The van der Waals surface area contributed by atoms with Gasteiger partial charge in [-0.3, -0.25) is 4.90 Å². The summed E-state index contributed by atoms with van der Waals surface area (Å²) in [5, 5.41) is 0. The van der Waals surface area contributed by atoms with Crippen LogP contribution in [0.15, 0.2) is 11.6 Å². The number of allylic oxidation sites excluding steroid dienone is 1. The lowest BCUT2D eigenvalue weighted by Gasteiger charge is -2.32. The number of nitrogens with zero attached hydrogens (tertiary/aromatic N) is 1. The SMILES string of the molecule is CN1CC(=CC(C)(C)C)C1. The first kappa shape index (κ1) is 7.80. The van der Waals surface area contributed by atoms with Crippen LogP contribution in [0.5, 0.6) is 0 Å². The first-order valence-electron chi connectivity index (χ1n) is 3.86. The molecule has 1 fully saturated rings. The largest absolute Gasteiger partial charge is 0.298 e. The Balaban J connectivity index is 2.43. The Labute approximate surface area is 63.7 Å². The smallest absolute Gasteiger partial charge is 0.0206 e. The lowest BCUT2D eigenvalue weighted by molar-refractivity contribution is 0.304. The lowest BCUT2D eigenvalue weighted by atomic mass is 9.91. The summed E-state index contributed by atoms with van der Waals surface area (Å²) in [7, 11) is 2.15. The third-order valence-corrected chi connectivity index (χ3v) is 1.58. The third-order valence-electron chi connectivity index (χ3n) is 1.58. The van der Waals surface area contributed by atoms with Crippen molar-refractivity contribution in [3.8, 4) is 0 Å².